The van der Waals surface area contributed by atoms with Crippen molar-refractivity contribution >= 4 is 23.6 Å². The minimum absolute atomic E-state index is 0.00972. The first-order chi connectivity index (χ1) is 6.84. The van der Waals surface area contributed by atoms with Crippen LogP contribution in [0.25, 0.3) is 0 Å². The zero-order valence-corrected chi connectivity index (χ0v) is 9.11. The highest BCUT2D eigenvalue weighted by atomic mass is 32.2. The second-order valence-corrected chi connectivity index (χ2v) is 5.17. The largest absolute Gasteiger partial charge is 0.477 e. The van der Waals surface area contributed by atoms with Crippen LogP contribution in [0.15, 0.2) is 11.1 Å². The second kappa shape index (κ2) is 2.99. The molecule has 1 amide bonds. The Morgan fingerprint density at radius 1 is 1.60 bits per heavy atom. The maximum atomic E-state index is 11.7. The van der Waals surface area contributed by atoms with Crippen LogP contribution in [0.1, 0.15) is 13.8 Å². The lowest BCUT2D eigenvalue weighted by molar-refractivity contribution is -0.163. The fraction of sp³-hybridized carbons (Fsp3) is 0.556. The van der Waals surface area contributed by atoms with Crippen LogP contribution < -0.4 is 0 Å². The molecule has 0 aromatic rings. The molecule has 0 unspecified atom stereocenters. The van der Waals surface area contributed by atoms with Crippen LogP contribution >= 0.6 is 11.8 Å². The highest BCUT2D eigenvalue weighted by molar-refractivity contribution is 8.03. The number of carboxylic acid groups (broad SMARTS) is 1. The number of carbonyl (C=O) groups excluding carboxylic acids is 1. The predicted molar refractivity (Wildman–Crippen MR) is 53.7 cm³/mol. The second-order valence-electron chi connectivity index (χ2n) is 4.17. The van der Waals surface area contributed by atoms with E-state index in [1.807, 2.05) is 0 Å². The minimum atomic E-state index is -1.10. The van der Waals surface area contributed by atoms with Gasteiger partial charge in [0.05, 0.1) is 11.5 Å². The van der Waals surface area contributed by atoms with E-state index in [1.165, 1.54) is 22.1 Å². The maximum Gasteiger partial charge on any atom is 0.353 e. The van der Waals surface area contributed by atoms with Gasteiger partial charge in [0.1, 0.15) is 11.1 Å². The molecule has 0 radical (unpaired) electrons. The van der Waals surface area contributed by atoms with E-state index in [4.69, 9.17) is 5.11 Å². The molecule has 0 aromatic carbocycles. The van der Waals surface area contributed by atoms with Gasteiger partial charge in [0.2, 0.25) is 5.91 Å². The number of carboxylic acids is 1. The first-order valence-electron chi connectivity index (χ1n) is 4.48. The summed E-state index contributed by atoms with van der Waals surface area (Å²) in [6.07, 6.45) is 0. The molecular weight excluding hydrogens is 218 g/mol. The summed E-state index contributed by atoms with van der Waals surface area (Å²) in [5.41, 5.74) is -1.09. The molecule has 5 nitrogen and oxygen atoms in total. The van der Waals surface area contributed by atoms with Crippen LogP contribution in [0.3, 0.4) is 0 Å². The van der Waals surface area contributed by atoms with E-state index in [-0.39, 0.29) is 17.0 Å². The molecule has 0 spiro atoms. The highest BCUT2D eigenvalue weighted by Crippen LogP contribution is 2.48. The van der Waals surface area contributed by atoms with Crippen molar-refractivity contribution in [3.05, 3.63) is 11.1 Å². The molecule has 82 valence electrons. The summed E-state index contributed by atoms with van der Waals surface area (Å²) < 4.78 is 0. The third-order valence-corrected chi connectivity index (χ3v) is 3.72. The Hall–Kier alpha value is -1.01. The third-order valence-electron chi connectivity index (χ3n) is 2.60. The van der Waals surface area contributed by atoms with Gasteiger partial charge in [-0.3, -0.25) is 9.69 Å². The lowest BCUT2D eigenvalue weighted by Crippen LogP contribution is -2.64. The lowest BCUT2D eigenvalue weighted by atomic mass is 9.83. The van der Waals surface area contributed by atoms with Crippen LogP contribution in [0.2, 0.25) is 0 Å². The van der Waals surface area contributed by atoms with E-state index in [0.717, 1.165) is 0 Å². The van der Waals surface area contributed by atoms with Crippen LogP contribution in [-0.4, -0.2) is 38.0 Å². The van der Waals surface area contributed by atoms with E-state index < -0.39 is 17.5 Å². The molecule has 15 heavy (non-hydrogen) atoms. The summed E-state index contributed by atoms with van der Waals surface area (Å²) in [6.45, 7) is 3.12. The number of aliphatic hydroxyl groups is 1. The van der Waals surface area contributed by atoms with Gasteiger partial charge < -0.3 is 10.2 Å². The number of β-lactam (4-membered cyclic amide) rings is 1. The summed E-state index contributed by atoms with van der Waals surface area (Å²) in [6, 6.07) is 0. The number of rotatable bonds is 2. The van der Waals surface area contributed by atoms with Crippen molar-refractivity contribution in [2.45, 2.75) is 24.8 Å². The normalized spacial score (nSPS) is 29.7. The quantitative estimate of drug-likeness (QED) is 0.662. The topological polar surface area (TPSA) is 77.8 Å². The Bertz CT molecular complexity index is 371. The first kappa shape index (κ1) is 10.5. The summed E-state index contributed by atoms with van der Waals surface area (Å²) in [4.78, 5) is 23.6. The van der Waals surface area contributed by atoms with Gasteiger partial charge in [0.25, 0.3) is 0 Å². The molecular formula is C9H11NO4S. The average molecular weight is 229 g/mol. The number of hydrogen-bond acceptors (Lipinski definition) is 4. The van der Waals surface area contributed by atoms with Gasteiger partial charge in [-0.2, -0.15) is 0 Å². The van der Waals surface area contributed by atoms with Crippen molar-refractivity contribution in [1.29, 1.82) is 0 Å². The molecule has 0 aliphatic carbocycles. The third kappa shape index (κ3) is 1.36. The molecule has 0 saturated carbocycles. The maximum absolute atomic E-state index is 11.7. The van der Waals surface area contributed by atoms with Gasteiger partial charge in [-0.1, -0.05) is 0 Å². The number of thioether (sulfide) groups is 1. The molecule has 2 atom stereocenters. The number of nitrogens with zero attached hydrogens (tertiary/aromatic N) is 1. The van der Waals surface area contributed by atoms with E-state index >= 15 is 0 Å². The van der Waals surface area contributed by atoms with Gasteiger partial charge >= 0.3 is 5.97 Å². The minimum Gasteiger partial charge on any atom is -0.477 e. The molecule has 0 bridgehead atoms. The van der Waals surface area contributed by atoms with Crippen LogP contribution in [0, 0.1) is 5.92 Å². The van der Waals surface area contributed by atoms with Gasteiger partial charge in [0, 0.05) is 5.41 Å². The van der Waals surface area contributed by atoms with Gasteiger partial charge in [0.15, 0.2) is 0 Å². The molecule has 0 aromatic heterocycles. The molecule has 6 heteroatoms. The van der Waals surface area contributed by atoms with Crippen molar-refractivity contribution < 1.29 is 19.8 Å². The SMILES string of the molecule is CC(C)(O)[C@H]1C(=O)N2C(C(=O)O)=CS[C@H]12. The molecule has 1 saturated heterocycles. The Kier molecular flexibility index (Phi) is 2.09. The Morgan fingerprint density at radius 2 is 2.20 bits per heavy atom. The van der Waals surface area contributed by atoms with Crippen molar-refractivity contribution in [1.82, 2.24) is 4.90 Å². The number of amides is 1. The molecule has 2 rings (SSSR count). The van der Waals surface area contributed by atoms with E-state index in [2.05, 4.69) is 0 Å². The van der Waals surface area contributed by atoms with Crippen LogP contribution in [-0.2, 0) is 9.59 Å². The van der Waals surface area contributed by atoms with E-state index in [9.17, 15) is 14.7 Å². The fourth-order valence-corrected chi connectivity index (χ4v) is 3.28. The Morgan fingerprint density at radius 3 is 2.67 bits per heavy atom. The van der Waals surface area contributed by atoms with Crippen molar-refractivity contribution in [3.63, 3.8) is 0 Å². The number of hydrogen-bond donors (Lipinski definition) is 2. The fourth-order valence-electron chi connectivity index (χ4n) is 1.85. The standard InChI is InChI=1S/C9H11NO4S/c1-9(2,14)5-6(11)10-4(8(12)13)3-15-7(5)10/h3,5,7,14H,1-2H3,(H,12,13)/t5-,7+/m0/s1. The molecule has 2 heterocycles. The van der Waals surface area contributed by atoms with Crippen LogP contribution in [0.4, 0.5) is 0 Å². The molecule has 2 N–H and O–H groups in total. The summed E-state index contributed by atoms with van der Waals surface area (Å²) in [5.74, 6) is -1.94. The van der Waals surface area contributed by atoms with Crippen molar-refractivity contribution in [2.75, 3.05) is 0 Å². The van der Waals surface area contributed by atoms with Crippen molar-refractivity contribution in [3.8, 4) is 0 Å². The lowest BCUT2D eigenvalue weighted by Gasteiger charge is -2.47. The molecule has 1 fully saturated rings. The Balaban J connectivity index is 2.21. The number of carbonyl (C=O) groups is 2. The molecule has 2 aliphatic heterocycles. The molecule has 2 aliphatic rings. The smallest absolute Gasteiger partial charge is 0.353 e. The van der Waals surface area contributed by atoms with E-state index in [1.54, 1.807) is 13.8 Å². The first-order valence-corrected chi connectivity index (χ1v) is 5.42. The summed E-state index contributed by atoms with van der Waals surface area (Å²) >= 11 is 1.27. The van der Waals surface area contributed by atoms with Gasteiger partial charge in [-0.25, -0.2) is 4.79 Å². The number of fused-ring (bicyclic) bond motifs is 1. The van der Waals surface area contributed by atoms with Gasteiger partial charge in [-0.05, 0) is 13.8 Å². The zero-order valence-electron chi connectivity index (χ0n) is 8.30. The Labute approximate surface area is 90.8 Å². The average Bonchev–Trinajstić information content (AvgIpc) is 2.40. The number of aliphatic carboxylic acids is 1. The van der Waals surface area contributed by atoms with Crippen LogP contribution in [0.5, 0.6) is 0 Å². The zero-order chi connectivity index (χ0) is 11.4. The predicted octanol–water partition coefficient (Wildman–Crippen LogP) is 0.215. The van der Waals surface area contributed by atoms with E-state index in [0.29, 0.717) is 0 Å². The summed E-state index contributed by atoms with van der Waals surface area (Å²) in [7, 11) is 0. The highest BCUT2D eigenvalue weighted by Gasteiger charge is 2.58. The van der Waals surface area contributed by atoms with Gasteiger partial charge in [-0.15, -0.1) is 11.8 Å². The van der Waals surface area contributed by atoms with Crippen molar-refractivity contribution in [2.24, 2.45) is 5.92 Å². The summed E-state index contributed by atoms with van der Waals surface area (Å²) in [5, 5.41) is 19.7. The monoisotopic (exact) mass is 229 g/mol.